The van der Waals surface area contributed by atoms with Crippen molar-refractivity contribution in [3.05, 3.63) is 52.5 Å². The highest BCUT2D eigenvalue weighted by Gasteiger charge is 2.22. The number of fused-ring (bicyclic) bond motifs is 1. The van der Waals surface area contributed by atoms with Crippen LogP contribution in [0.3, 0.4) is 0 Å². The summed E-state index contributed by atoms with van der Waals surface area (Å²) in [5.74, 6) is -1.15. The Hall–Kier alpha value is -3.06. The van der Waals surface area contributed by atoms with Crippen molar-refractivity contribution in [3.8, 4) is 0 Å². The van der Waals surface area contributed by atoms with E-state index in [4.69, 9.17) is 22.1 Å². The van der Waals surface area contributed by atoms with Gasteiger partial charge < -0.3 is 20.7 Å². The molecule has 1 heterocycles. The van der Waals surface area contributed by atoms with Crippen LogP contribution in [0.1, 0.15) is 22.8 Å². The summed E-state index contributed by atoms with van der Waals surface area (Å²) in [6.45, 7) is 1.72. The van der Waals surface area contributed by atoms with Crippen LogP contribution in [0, 0.1) is 0 Å². The van der Waals surface area contributed by atoms with E-state index < -0.39 is 18.5 Å². The number of amides is 2. The van der Waals surface area contributed by atoms with E-state index in [0.717, 1.165) is 17.7 Å². The molecule has 1 aliphatic heterocycles. The van der Waals surface area contributed by atoms with Gasteiger partial charge in [0.2, 0.25) is 5.91 Å². The van der Waals surface area contributed by atoms with Gasteiger partial charge in [0.25, 0.3) is 5.91 Å². The molecule has 0 saturated carbocycles. The number of nitrogens with one attached hydrogen (secondary N) is 1. The summed E-state index contributed by atoms with van der Waals surface area (Å²) in [5, 5.41) is 3.01. The largest absolute Gasteiger partial charge is 0.452 e. The Labute approximate surface area is 161 Å². The van der Waals surface area contributed by atoms with Crippen LogP contribution in [-0.2, 0) is 20.7 Å². The molecule has 0 spiro atoms. The van der Waals surface area contributed by atoms with E-state index in [9.17, 15) is 14.4 Å². The first-order valence-electron chi connectivity index (χ1n) is 8.28. The molecule has 0 aromatic heterocycles. The number of carbonyl (C=O) groups is 3. The van der Waals surface area contributed by atoms with Crippen LogP contribution in [0.4, 0.5) is 17.1 Å². The van der Waals surface area contributed by atoms with Crippen LogP contribution in [0.15, 0.2) is 36.4 Å². The first kappa shape index (κ1) is 18.7. The Balaban J connectivity index is 1.57. The van der Waals surface area contributed by atoms with Gasteiger partial charge in [-0.05, 0) is 48.4 Å². The normalized spacial score (nSPS) is 12.4. The second-order valence-corrected chi connectivity index (χ2v) is 6.53. The maximum atomic E-state index is 12.0. The van der Waals surface area contributed by atoms with Crippen molar-refractivity contribution in [2.45, 2.75) is 13.3 Å². The van der Waals surface area contributed by atoms with Gasteiger partial charge in [-0.15, -0.1) is 0 Å². The molecule has 0 fully saturated rings. The second-order valence-electron chi connectivity index (χ2n) is 6.12. The number of nitrogens with zero attached hydrogens (tertiary/aromatic N) is 1. The number of carbonyl (C=O) groups excluding carboxylic acids is 3. The molecule has 0 aliphatic carbocycles. The van der Waals surface area contributed by atoms with Gasteiger partial charge in [-0.25, -0.2) is 4.79 Å². The third-order valence-electron chi connectivity index (χ3n) is 4.20. The predicted octanol–water partition coefficient (Wildman–Crippen LogP) is 2.63. The summed E-state index contributed by atoms with van der Waals surface area (Å²) in [7, 11) is 0. The van der Waals surface area contributed by atoms with Crippen LogP contribution >= 0.6 is 11.6 Å². The fourth-order valence-electron chi connectivity index (χ4n) is 2.89. The summed E-state index contributed by atoms with van der Waals surface area (Å²) in [6.07, 6.45) is 0.728. The van der Waals surface area contributed by atoms with Crippen LogP contribution in [0.2, 0.25) is 5.02 Å². The fourth-order valence-corrected chi connectivity index (χ4v) is 3.01. The summed E-state index contributed by atoms with van der Waals surface area (Å²) in [4.78, 5) is 37.3. The standard InChI is InChI=1S/C19H18ClN3O4/c1-11(24)23-7-6-12-8-14(3-5-17(12)23)22-18(25)10-27-19(26)13-2-4-15(20)16(21)9-13/h2-5,8-9H,6-7,10,21H2,1H3,(H,22,25). The summed E-state index contributed by atoms with van der Waals surface area (Å²) in [5.41, 5.74) is 8.53. The quantitative estimate of drug-likeness (QED) is 0.620. The number of nitrogen functional groups attached to an aromatic ring is 1. The minimum Gasteiger partial charge on any atom is -0.452 e. The maximum absolute atomic E-state index is 12.0. The highest BCUT2D eigenvalue weighted by atomic mass is 35.5. The van der Waals surface area contributed by atoms with Gasteiger partial charge in [0, 0.05) is 24.8 Å². The molecule has 1 aliphatic rings. The molecule has 27 heavy (non-hydrogen) atoms. The summed E-state index contributed by atoms with van der Waals surface area (Å²) in [6, 6.07) is 9.67. The van der Waals surface area contributed by atoms with Crippen molar-refractivity contribution < 1.29 is 19.1 Å². The first-order valence-corrected chi connectivity index (χ1v) is 8.66. The maximum Gasteiger partial charge on any atom is 0.338 e. The number of anilines is 3. The molecule has 0 bridgehead atoms. The van der Waals surface area contributed by atoms with Crippen molar-refractivity contribution in [2.24, 2.45) is 0 Å². The zero-order valence-electron chi connectivity index (χ0n) is 14.6. The average molecular weight is 388 g/mol. The van der Waals surface area contributed by atoms with E-state index in [1.165, 1.54) is 25.1 Å². The number of halogens is 1. The Morgan fingerprint density at radius 2 is 2.00 bits per heavy atom. The third-order valence-corrected chi connectivity index (χ3v) is 4.55. The van der Waals surface area contributed by atoms with Gasteiger partial charge >= 0.3 is 5.97 Å². The number of hydrogen-bond donors (Lipinski definition) is 2. The van der Waals surface area contributed by atoms with Gasteiger partial charge in [-0.2, -0.15) is 0 Å². The molecule has 7 nitrogen and oxygen atoms in total. The topological polar surface area (TPSA) is 102 Å². The number of esters is 1. The van der Waals surface area contributed by atoms with E-state index in [2.05, 4.69) is 5.32 Å². The highest BCUT2D eigenvalue weighted by Crippen LogP contribution is 2.30. The molecular formula is C19H18ClN3O4. The van der Waals surface area contributed by atoms with Crippen LogP contribution in [0.5, 0.6) is 0 Å². The van der Waals surface area contributed by atoms with Gasteiger partial charge in [0.05, 0.1) is 16.3 Å². The molecule has 0 unspecified atom stereocenters. The SMILES string of the molecule is CC(=O)N1CCc2cc(NC(=O)COC(=O)c3ccc(Cl)c(N)c3)ccc21. The smallest absolute Gasteiger partial charge is 0.338 e. The van der Waals surface area contributed by atoms with Crippen molar-refractivity contribution in [2.75, 3.05) is 29.1 Å². The lowest BCUT2D eigenvalue weighted by molar-refractivity contribution is -0.119. The highest BCUT2D eigenvalue weighted by molar-refractivity contribution is 6.33. The van der Waals surface area contributed by atoms with E-state index in [1.807, 2.05) is 6.07 Å². The zero-order chi connectivity index (χ0) is 19.6. The fraction of sp³-hybridized carbons (Fsp3) is 0.211. The van der Waals surface area contributed by atoms with Gasteiger partial charge in [-0.1, -0.05) is 11.6 Å². The molecule has 2 aromatic carbocycles. The number of benzene rings is 2. The molecule has 8 heteroatoms. The number of hydrogen-bond acceptors (Lipinski definition) is 5. The van der Waals surface area contributed by atoms with Crippen LogP contribution < -0.4 is 16.0 Å². The predicted molar refractivity (Wildman–Crippen MR) is 103 cm³/mol. The number of nitrogens with two attached hydrogens (primary N) is 1. The Bertz CT molecular complexity index is 929. The van der Waals surface area contributed by atoms with Crippen molar-refractivity contribution in [1.82, 2.24) is 0 Å². The van der Waals surface area contributed by atoms with Gasteiger partial charge in [0.15, 0.2) is 6.61 Å². The summed E-state index contributed by atoms with van der Waals surface area (Å²) >= 11 is 5.81. The van der Waals surface area contributed by atoms with Crippen LogP contribution in [-0.4, -0.2) is 30.9 Å². The second kappa shape index (κ2) is 7.67. The molecule has 0 radical (unpaired) electrons. The Kier molecular flexibility index (Phi) is 5.32. The number of rotatable bonds is 4. The van der Waals surface area contributed by atoms with Crippen molar-refractivity contribution in [1.29, 1.82) is 0 Å². The molecule has 0 atom stereocenters. The lowest BCUT2D eigenvalue weighted by Crippen LogP contribution is -2.25. The van der Waals surface area contributed by atoms with Gasteiger partial charge in [0.1, 0.15) is 0 Å². The monoisotopic (exact) mass is 387 g/mol. The number of ether oxygens (including phenoxy) is 1. The molecule has 3 rings (SSSR count). The zero-order valence-corrected chi connectivity index (χ0v) is 15.4. The molecule has 2 amide bonds. The minimum atomic E-state index is -0.667. The third kappa shape index (κ3) is 4.20. The molecule has 0 saturated heterocycles. The molecular weight excluding hydrogens is 370 g/mol. The summed E-state index contributed by atoms with van der Waals surface area (Å²) < 4.78 is 5.00. The van der Waals surface area contributed by atoms with Crippen molar-refractivity contribution >= 4 is 46.4 Å². The van der Waals surface area contributed by atoms with E-state index in [1.54, 1.807) is 17.0 Å². The first-order chi connectivity index (χ1) is 12.8. The van der Waals surface area contributed by atoms with Crippen molar-refractivity contribution in [3.63, 3.8) is 0 Å². The van der Waals surface area contributed by atoms with E-state index >= 15 is 0 Å². The lowest BCUT2D eigenvalue weighted by atomic mass is 10.1. The average Bonchev–Trinajstić information content (AvgIpc) is 3.05. The van der Waals surface area contributed by atoms with Crippen LogP contribution in [0.25, 0.3) is 0 Å². The molecule has 140 valence electrons. The lowest BCUT2D eigenvalue weighted by Gasteiger charge is -2.15. The Morgan fingerprint density at radius 3 is 2.70 bits per heavy atom. The van der Waals surface area contributed by atoms with E-state index in [-0.39, 0.29) is 17.2 Å². The van der Waals surface area contributed by atoms with E-state index in [0.29, 0.717) is 17.3 Å². The molecule has 3 N–H and O–H groups in total. The Morgan fingerprint density at radius 1 is 1.22 bits per heavy atom. The molecule has 2 aromatic rings. The van der Waals surface area contributed by atoms with Gasteiger partial charge in [-0.3, -0.25) is 9.59 Å². The minimum absolute atomic E-state index is 0.0136.